The number of nitrogens with zero attached hydrogens (tertiary/aromatic N) is 1. The van der Waals surface area contributed by atoms with Gasteiger partial charge in [0.25, 0.3) is 9.70 Å². The summed E-state index contributed by atoms with van der Waals surface area (Å²) in [4.78, 5) is 56.8. The van der Waals surface area contributed by atoms with Crippen molar-refractivity contribution in [2.24, 2.45) is 22.1 Å². The minimum absolute atomic E-state index is 0. The molecule has 1 rings (SSSR count). The smallest absolute Gasteiger partial charge is 0.846 e. The van der Waals surface area contributed by atoms with Gasteiger partial charge >= 0.3 is 41.5 Å². The number of aliphatic imine (C=N–C) groups is 1. The molecule has 5 N–H and O–H groups in total. The van der Waals surface area contributed by atoms with E-state index in [4.69, 9.17) is 50.7 Å². The summed E-state index contributed by atoms with van der Waals surface area (Å²) in [5.74, 6) is -3.83. The number of nitrogens with one attached hydrogen (secondary N) is 1. The summed E-state index contributed by atoms with van der Waals surface area (Å²) in [7, 11) is 0. The third kappa shape index (κ3) is 13.5. The van der Waals surface area contributed by atoms with E-state index in [1.165, 1.54) is 0 Å². The van der Waals surface area contributed by atoms with Crippen LogP contribution in [0.5, 0.6) is 0 Å². The number of carboxylic acids is 2. The van der Waals surface area contributed by atoms with E-state index >= 15 is 0 Å². The van der Waals surface area contributed by atoms with Crippen molar-refractivity contribution in [2.75, 3.05) is 6.54 Å². The molecule has 0 spiro atoms. The van der Waals surface area contributed by atoms with Crippen LogP contribution in [0.1, 0.15) is 52.9 Å². The second-order valence-electron chi connectivity index (χ2n) is 6.63. The van der Waals surface area contributed by atoms with Crippen molar-refractivity contribution >= 4 is 70.4 Å². The average molecular weight is 543 g/mol. The summed E-state index contributed by atoms with van der Waals surface area (Å²) in [6.45, 7) is 5.56. The van der Waals surface area contributed by atoms with Crippen LogP contribution < -0.4 is 45.7 Å². The van der Waals surface area contributed by atoms with Gasteiger partial charge in [0.1, 0.15) is 11.2 Å². The third-order valence-corrected chi connectivity index (χ3v) is 4.90. The molecule has 15 heteroatoms. The van der Waals surface area contributed by atoms with Crippen LogP contribution in [-0.4, -0.2) is 56.1 Å². The molecular formula is C18H27Cl3N3NaO8. The molecule has 1 aliphatic heterocycles. The summed E-state index contributed by atoms with van der Waals surface area (Å²) in [6, 6.07) is -0.845. The molecule has 0 saturated carbocycles. The summed E-state index contributed by atoms with van der Waals surface area (Å²) in [5, 5.41) is 29.0. The van der Waals surface area contributed by atoms with Gasteiger partial charge in [-0.1, -0.05) is 62.0 Å². The largest absolute Gasteiger partial charge is 1.00 e. The van der Waals surface area contributed by atoms with Gasteiger partial charge in [-0.3, -0.25) is 19.2 Å². The summed E-state index contributed by atoms with van der Waals surface area (Å²) >= 11 is 14.4. The van der Waals surface area contributed by atoms with Crippen molar-refractivity contribution in [2.45, 2.75) is 56.7 Å². The molecule has 184 valence electrons. The van der Waals surface area contributed by atoms with Crippen molar-refractivity contribution in [3.63, 3.8) is 0 Å². The fraction of sp³-hybridized carbons (Fsp3) is 0.667. The molecule has 0 aliphatic carbocycles. The summed E-state index contributed by atoms with van der Waals surface area (Å²) in [6.07, 6.45) is 1.95. The Kier molecular flexibility index (Phi) is 19.4. The third-order valence-electron chi connectivity index (χ3n) is 4.42. The first kappa shape index (κ1) is 36.6. The number of amides is 2. The van der Waals surface area contributed by atoms with Gasteiger partial charge in [0, 0.05) is 6.42 Å². The average Bonchev–Trinajstić information content (AvgIpc) is 2.66. The number of aliphatic carboxylic acids is 2. The zero-order valence-electron chi connectivity index (χ0n) is 18.8. The Balaban J connectivity index is -0.000000452. The Labute approximate surface area is 228 Å². The summed E-state index contributed by atoms with van der Waals surface area (Å²) in [5.41, 5.74) is 3.77. The number of alkyl halides is 3. The number of carboxylic acid groups (broad SMARTS) is 2. The molecule has 2 unspecified atom stereocenters. The maximum Gasteiger partial charge on any atom is 1.00 e. The normalized spacial score (nSPS) is 18.1. The molecule has 1 heterocycles. The molecule has 0 radical (unpaired) electrons. The SMILES string of the molecule is CCCC(C)C1(CC)C(=O)N=C([O-])NC1=O.NCC(=O)CCC(=O)O.O=C(O)C(Cl)(Cl)Cl.[Na+]. The Morgan fingerprint density at radius 2 is 1.67 bits per heavy atom. The van der Waals surface area contributed by atoms with E-state index in [-0.39, 0.29) is 60.6 Å². The topological polar surface area (TPSA) is 199 Å². The van der Waals surface area contributed by atoms with Crippen molar-refractivity contribution in [3.05, 3.63) is 0 Å². The van der Waals surface area contributed by atoms with Crippen molar-refractivity contribution in [1.82, 2.24) is 5.32 Å². The molecule has 1 aliphatic rings. The Morgan fingerprint density at radius 3 is 1.97 bits per heavy atom. The van der Waals surface area contributed by atoms with Crippen molar-refractivity contribution in [1.29, 1.82) is 0 Å². The molecule has 0 saturated heterocycles. The number of halogens is 3. The number of Topliss-reactive ketones (excluding diaryl/α,β-unsaturated/α-hetero) is 1. The molecule has 33 heavy (non-hydrogen) atoms. The minimum atomic E-state index is -2.17. The maximum atomic E-state index is 11.9. The van der Waals surface area contributed by atoms with Gasteiger partial charge in [-0.2, -0.15) is 0 Å². The Morgan fingerprint density at radius 1 is 1.18 bits per heavy atom. The van der Waals surface area contributed by atoms with Crippen LogP contribution >= 0.6 is 34.8 Å². The number of carbonyl (C=O) groups is 5. The van der Waals surface area contributed by atoms with Crippen LogP contribution in [0.15, 0.2) is 4.99 Å². The van der Waals surface area contributed by atoms with Crippen LogP contribution in [-0.2, 0) is 24.0 Å². The molecule has 0 aromatic rings. The molecule has 0 bridgehead atoms. The van der Waals surface area contributed by atoms with Gasteiger partial charge in [-0.25, -0.2) is 9.79 Å². The number of hydrogen-bond acceptors (Lipinski definition) is 7. The second kappa shape index (κ2) is 17.5. The molecular weight excluding hydrogens is 516 g/mol. The van der Waals surface area contributed by atoms with E-state index in [0.29, 0.717) is 6.42 Å². The van der Waals surface area contributed by atoms with E-state index in [0.717, 1.165) is 12.8 Å². The van der Waals surface area contributed by atoms with Gasteiger partial charge in [0.05, 0.1) is 19.0 Å². The van der Waals surface area contributed by atoms with Crippen molar-refractivity contribution in [3.8, 4) is 0 Å². The van der Waals surface area contributed by atoms with Crippen LogP contribution in [0.4, 0.5) is 0 Å². The number of amidine groups is 1. The fourth-order valence-electron chi connectivity index (χ4n) is 2.65. The number of rotatable bonds is 8. The minimum Gasteiger partial charge on any atom is -0.846 e. The van der Waals surface area contributed by atoms with E-state index < -0.39 is 39.0 Å². The zero-order valence-corrected chi connectivity index (χ0v) is 23.1. The van der Waals surface area contributed by atoms with E-state index in [9.17, 15) is 29.1 Å². The van der Waals surface area contributed by atoms with Crippen LogP contribution in [0.2, 0.25) is 0 Å². The van der Waals surface area contributed by atoms with Gasteiger partial charge in [-0.05, 0) is 18.8 Å². The first-order valence-electron chi connectivity index (χ1n) is 9.45. The standard InChI is InChI=1S/C11H18N2O3.C5H9NO3.C2HCl3O2.Na/c1-4-6-7(3)11(5-2)8(14)12-10(16)13-9(11)15;6-3-4(7)1-2-5(8)9;3-2(4,5)1(6)7;/h7H,4-6H2,1-3H3,(H2,12,13,14,15,16);1-3,6H2,(H,8,9);(H,6,7);/q;;;+1/p-1. The first-order valence-corrected chi connectivity index (χ1v) is 10.6. The van der Waals surface area contributed by atoms with Gasteiger partial charge < -0.3 is 26.4 Å². The summed E-state index contributed by atoms with van der Waals surface area (Å²) < 4.78 is -2.17. The van der Waals surface area contributed by atoms with E-state index in [2.05, 4.69) is 10.3 Å². The van der Waals surface area contributed by atoms with Crippen LogP contribution in [0.25, 0.3) is 0 Å². The van der Waals surface area contributed by atoms with Crippen LogP contribution in [0, 0.1) is 11.3 Å². The predicted octanol–water partition coefficient (Wildman–Crippen LogP) is -1.98. The van der Waals surface area contributed by atoms with Crippen molar-refractivity contribution < 1.29 is 68.8 Å². The second-order valence-corrected chi connectivity index (χ2v) is 8.91. The number of nitrogens with two attached hydrogens (primary N) is 1. The zero-order chi connectivity index (χ0) is 25.7. The monoisotopic (exact) mass is 541 g/mol. The predicted molar refractivity (Wildman–Crippen MR) is 116 cm³/mol. The quantitative estimate of drug-likeness (QED) is 0.152. The van der Waals surface area contributed by atoms with Gasteiger partial charge in [0.15, 0.2) is 0 Å². The maximum absolute atomic E-state index is 11.9. The number of hydrogen-bond donors (Lipinski definition) is 4. The van der Waals surface area contributed by atoms with Crippen LogP contribution in [0.3, 0.4) is 0 Å². The molecule has 2 atom stereocenters. The fourth-order valence-corrected chi connectivity index (χ4v) is 2.65. The van der Waals surface area contributed by atoms with E-state index in [1.54, 1.807) is 6.92 Å². The van der Waals surface area contributed by atoms with Gasteiger partial charge in [-0.15, -0.1) is 0 Å². The molecule has 0 aromatic heterocycles. The Hall–Kier alpha value is -0.950. The molecule has 2 amide bonds. The molecule has 0 fully saturated rings. The number of ketones is 1. The molecule has 0 aromatic carbocycles. The van der Waals surface area contributed by atoms with E-state index in [1.807, 2.05) is 13.8 Å². The first-order chi connectivity index (χ1) is 14.6. The number of carbonyl (C=O) groups excluding carboxylic acids is 3. The van der Waals surface area contributed by atoms with Gasteiger partial charge in [0.2, 0.25) is 5.91 Å². The Bertz CT molecular complexity index is 731. The molecule has 11 nitrogen and oxygen atoms in total.